The predicted molar refractivity (Wildman–Crippen MR) is 42.9 cm³/mol. The molecule has 1 nitrogen and oxygen atoms in total. The highest BCUT2D eigenvalue weighted by Gasteiger charge is 2.51. The van der Waals surface area contributed by atoms with Gasteiger partial charge in [0.25, 0.3) is 0 Å². The summed E-state index contributed by atoms with van der Waals surface area (Å²) in [5.74, 6) is 0. The Morgan fingerprint density at radius 3 is 2.30 bits per heavy atom. The highest BCUT2D eigenvalue weighted by molar-refractivity contribution is 5.02. The van der Waals surface area contributed by atoms with Crippen LogP contribution in [0.15, 0.2) is 0 Å². The SMILES string of the molecule is CCCC(C)(O)C1(C)CC1. The Balaban J connectivity index is 2.50. The van der Waals surface area contributed by atoms with Crippen LogP contribution in [0.2, 0.25) is 0 Å². The first kappa shape index (κ1) is 8.06. The molecule has 1 rings (SSSR count). The van der Waals surface area contributed by atoms with Crippen molar-refractivity contribution >= 4 is 0 Å². The molecule has 60 valence electrons. The van der Waals surface area contributed by atoms with Gasteiger partial charge in [-0.3, -0.25) is 0 Å². The summed E-state index contributed by atoms with van der Waals surface area (Å²) >= 11 is 0. The molecule has 0 aromatic rings. The fourth-order valence-corrected chi connectivity index (χ4v) is 1.51. The van der Waals surface area contributed by atoms with Gasteiger partial charge in [0.15, 0.2) is 0 Å². The topological polar surface area (TPSA) is 20.2 Å². The minimum Gasteiger partial charge on any atom is -0.390 e. The van der Waals surface area contributed by atoms with Crippen molar-refractivity contribution in [2.24, 2.45) is 5.41 Å². The third kappa shape index (κ3) is 1.20. The van der Waals surface area contributed by atoms with Crippen molar-refractivity contribution in [3.8, 4) is 0 Å². The van der Waals surface area contributed by atoms with Crippen molar-refractivity contribution < 1.29 is 5.11 Å². The van der Waals surface area contributed by atoms with Crippen molar-refractivity contribution in [2.45, 2.75) is 52.1 Å². The molecule has 1 aliphatic rings. The van der Waals surface area contributed by atoms with Crippen LogP contribution in [0.4, 0.5) is 0 Å². The Hall–Kier alpha value is -0.0400. The molecule has 0 amide bonds. The first-order chi connectivity index (χ1) is 4.52. The third-order valence-corrected chi connectivity index (χ3v) is 3.04. The smallest absolute Gasteiger partial charge is 0.0673 e. The van der Waals surface area contributed by atoms with Gasteiger partial charge < -0.3 is 5.11 Å². The highest BCUT2D eigenvalue weighted by atomic mass is 16.3. The lowest BCUT2D eigenvalue weighted by Gasteiger charge is -2.29. The third-order valence-electron chi connectivity index (χ3n) is 3.04. The normalized spacial score (nSPS) is 27.6. The monoisotopic (exact) mass is 142 g/mol. The standard InChI is InChI=1S/C9H18O/c1-4-5-9(3,10)8(2)6-7-8/h10H,4-7H2,1-3H3. The summed E-state index contributed by atoms with van der Waals surface area (Å²) in [7, 11) is 0. The van der Waals surface area contributed by atoms with E-state index >= 15 is 0 Å². The molecule has 0 radical (unpaired) electrons. The van der Waals surface area contributed by atoms with Crippen molar-refractivity contribution in [2.75, 3.05) is 0 Å². The van der Waals surface area contributed by atoms with E-state index in [1.54, 1.807) is 0 Å². The molecule has 0 aromatic carbocycles. The molecular formula is C9H18O. The van der Waals surface area contributed by atoms with E-state index in [0.29, 0.717) is 0 Å². The molecular weight excluding hydrogens is 124 g/mol. The molecule has 1 unspecified atom stereocenters. The van der Waals surface area contributed by atoms with Gasteiger partial charge in [-0.15, -0.1) is 0 Å². The summed E-state index contributed by atoms with van der Waals surface area (Å²) < 4.78 is 0. The maximum atomic E-state index is 9.91. The van der Waals surface area contributed by atoms with Crippen LogP contribution in [0.1, 0.15) is 46.5 Å². The van der Waals surface area contributed by atoms with Gasteiger partial charge in [-0.1, -0.05) is 20.3 Å². The molecule has 0 saturated heterocycles. The van der Waals surface area contributed by atoms with E-state index in [4.69, 9.17) is 0 Å². The van der Waals surface area contributed by atoms with Gasteiger partial charge in [0.05, 0.1) is 5.60 Å². The lowest BCUT2D eigenvalue weighted by atomic mass is 9.84. The number of hydrogen-bond acceptors (Lipinski definition) is 1. The molecule has 0 aromatic heterocycles. The van der Waals surface area contributed by atoms with Crippen LogP contribution in [-0.2, 0) is 0 Å². The lowest BCUT2D eigenvalue weighted by Crippen LogP contribution is -2.33. The maximum Gasteiger partial charge on any atom is 0.0673 e. The second kappa shape index (κ2) is 2.23. The van der Waals surface area contributed by atoms with Crippen LogP contribution in [0, 0.1) is 5.41 Å². The van der Waals surface area contributed by atoms with Crippen LogP contribution in [0.5, 0.6) is 0 Å². The van der Waals surface area contributed by atoms with E-state index in [1.165, 1.54) is 12.8 Å². The van der Waals surface area contributed by atoms with E-state index < -0.39 is 5.60 Å². The van der Waals surface area contributed by atoms with E-state index in [9.17, 15) is 5.11 Å². The van der Waals surface area contributed by atoms with Gasteiger partial charge in [-0.2, -0.15) is 0 Å². The molecule has 10 heavy (non-hydrogen) atoms. The molecule has 0 heterocycles. The van der Waals surface area contributed by atoms with Crippen LogP contribution < -0.4 is 0 Å². The molecule has 1 atom stereocenters. The molecule has 0 bridgehead atoms. The molecule has 1 fully saturated rings. The molecule has 1 aliphatic carbocycles. The Bertz CT molecular complexity index is 123. The van der Waals surface area contributed by atoms with Crippen LogP contribution in [0.3, 0.4) is 0 Å². The molecule has 1 heteroatoms. The Morgan fingerprint density at radius 1 is 1.50 bits per heavy atom. The fraction of sp³-hybridized carbons (Fsp3) is 1.00. The molecule has 0 aliphatic heterocycles. The van der Waals surface area contributed by atoms with Crippen LogP contribution >= 0.6 is 0 Å². The average Bonchev–Trinajstić information content (AvgIpc) is 2.49. The zero-order chi connectivity index (χ0) is 7.83. The van der Waals surface area contributed by atoms with Crippen molar-refractivity contribution in [1.29, 1.82) is 0 Å². The van der Waals surface area contributed by atoms with E-state index in [0.717, 1.165) is 12.8 Å². The van der Waals surface area contributed by atoms with E-state index in [1.807, 2.05) is 6.92 Å². The minimum atomic E-state index is -0.401. The largest absolute Gasteiger partial charge is 0.390 e. The highest BCUT2D eigenvalue weighted by Crippen LogP contribution is 2.54. The fourth-order valence-electron chi connectivity index (χ4n) is 1.51. The average molecular weight is 142 g/mol. The second-order valence-corrected chi connectivity index (χ2v) is 4.08. The second-order valence-electron chi connectivity index (χ2n) is 4.08. The summed E-state index contributed by atoms with van der Waals surface area (Å²) in [6.07, 6.45) is 4.45. The van der Waals surface area contributed by atoms with E-state index in [2.05, 4.69) is 13.8 Å². The molecule has 0 spiro atoms. The zero-order valence-corrected chi connectivity index (χ0v) is 7.28. The Morgan fingerprint density at radius 2 is 2.00 bits per heavy atom. The minimum absolute atomic E-state index is 0.253. The van der Waals surface area contributed by atoms with Crippen molar-refractivity contribution in [3.63, 3.8) is 0 Å². The summed E-state index contributed by atoms with van der Waals surface area (Å²) in [5.41, 5.74) is -0.148. The van der Waals surface area contributed by atoms with Gasteiger partial charge in [0.1, 0.15) is 0 Å². The molecule has 1 N–H and O–H groups in total. The number of hydrogen-bond donors (Lipinski definition) is 1. The summed E-state index contributed by atoms with van der Waals surface area (Å²) in [6.45, 7) is 6.28. The maximum absolute atomic E-state index is 9.91. The van der Waals surface area contributed by atoms with E-state index in [-0.39, 0.29) is 5.41 Å². The first-order valence-electron chi connectivity index (χ1n) is 4.24. The lowest BCUT2D eigenvalue weighted by molar-refractivity contribution is -0.0157. The van der Waals surface area contributed by atoms with Crippen LogP contribution in [0.25, 0.3) is 0 Å². The van der Waals surface area contributed by atoms with Gasteiger partial charge in [0.2, 0.25) is 0 Å². The summed E-state index contributed by atoms with van der Waals surface area (Å²) in [4.78, 5) is 0. The Labute approximate surface area is 63.4 Å². The van der Waals surface area contributed by atoms with Gasteiger partial charge in [0, 0.05) is 0 Å². The molecule has 1 saturated carbocycles. The number of rotatable bonds is 3. The predicted octanol–water partition coefficient (Wildman–Crippen LogP) is 2.34. The van der Waals surface area contributed by atoms with Gasteiger partial charge in [-0.05, 0) is 31.6 Å². The number of aliphatic hydroxyl groups is 1. The first-order valence-corrected chi connectivity index (χ1v) is 4.24. The van der Waals surface area contributed by atoms with Gasteiger partial charge >= 0.3 is 0 Å². The van der Waals surface area contributed by atoms with Crippen LogP contribution in [-0.4, -0.2) is 10.7 Å². The van der Waals surface area contributed by atoms with Crippen molar-refractivity contribution in [1.82, 2.24) is 0 Å². The van der Waals surface area contributed by atoms with Crippen molar-refractivity contribution in [3.05, 3.63) is 0 Å². The van der Waals surface area contributed by atoms with Gasteiger partial charge in [-0.25, -0.2) is 0 Å². The zero-order valence-electron chi connectivity index (χ0n) is 7.28. The quantitative estimate of drug-likeness (QED) is 0.641. The summed E-state index contributed by atoms with van der Waals surface area (Å²) in [5, 5.41) is 9.91. The Kier molecular flexibility index (Phi) is 1.80. The summed E-state index contributed by atoms with van der Waals surface area (Å²) in [6, 6.07) is 0.